The van der Waals surface area contributed by atoms with Crippen LogP contribution in [-0.4, -0.2) is 17.0 Å². The topological polar surface area (TPSA) is 84.9 Å². The van der Waals surface area contributed by atoms with E-state index >= 15 is 0 Å². The second kappa shape index (κ2) is 3.02. The molecule has 0 radical (unpaired) electrons. The van der Waals surface area contributed by atoms with Crippen molar-refractivity contribution in [2.45, 2.75) is 6.10 Å². The first-order chi connectivity index (χ1) is 6.66. The first-order valence-corrected chi connectivity index (χ1v) is 4.00. The average Bonchev–Trinajstić information content (AvgIpc) is 2.45. The summed E-state index contributed by atoms with van der Waals surface area (Å²) in [4.78, 5) is 14.7. The minimum Gasteiger partial charge on any atom is -0.508 e. The van der Waals surface area contributed by atoms with Crippen molar-refractivity contribution < 1.29 is 14.6 Å². The summed E-state index contributed by atoms with van der Waals surface area (Å²) in [5, 5.41) is 9.19. The Morgan fingerprint density at radius 2 is 2.29 bits per heavy atom. The molecule has 0 saturated heterocycles. The third-order valence-corrected chi connectivity index (χ3v) is 1.86. The molecule has 3 N–H and O–H groups in total. The van der Waals surface area contributed by atoms with Crippen molar-refractivity contribution >= 4 is 11.9 Å². The largest absolute Gasteiger partial charge is 0.508 e. The number of carbonyl (C=O) groups is 1. The number of ether oxygens (including phenoxy) is 1. The summed E-state index contributed by atoms with van der Waals surface area (Å²) in [5.41, 5.74) is 5.78. The number of carbonyl (C=O) groups excluding carboxylic acids is 1. The zero-order chi connectivity index (χ0) is 10.1. The number of aliphatic imine (C=N–C) groups is 1. The first-order valence-electron chi connectivity index (χ1n) is 4.00. The molecule has 1 amide bonds. The second-order valence-corrected chi connectivity index (χ2v) is 2.88. The Morgan fingerprint density at radius 1 is 1.50 bits per heavy atom. The molecule has 5 heteroatoms. The van der Waals surface area contributed by atoms with Gasteiger partial charge < -0.3 is 15.6 Å². The summed E-state index contributed by atoms with van der Waals surface area (Å²) in [7, 11) is 0. The lowest BCUT2D eigenvalue weighted by Gasteiger charge is -2.08. The van der Waals surface area contributed by atoms with Gasteiger partial charge in [-0.2, -0.15) is 4.99 Å². The van der Waals surface area contributed by atoms with E-state index in [0.29, 0.717) is 5.56 Å². The van der Waals surface area contributed by atoms with E-state index in [1.54, 1.807) is 12.1 Å². The lowest BCUT2D eigenvalue weighted by molar-refractivity contribution is -0.122. The van der Waals surface area contributed by atoms with Crippen LogP contribution in [0.5, 0.6) is 5.75 Å². The van der Waals surface area contributed by atoms with Gasteiger partial charge in [0.2, 0.25) is 6.10 Å². The fourth-order valence-corrected chi connectivity index (χ4v) is 1.26. The summed E-state index contributed by atoms with van der Waals surface area (Å²) in [5.74, 6) is -0.377. The zero-order valence-corrected chi connectivity index (χ0v) is 7.18. The molecule has 2 rings (SSSR count). The third-order valence-electron chi connectivity index (χ3n) is 1.86. The SMILES string of the molecule is NC1=NC(=O)C(c2cccc(O)c2)O1. The number of benzene rings is 1. The molecule has 0 bridgehead atoms. The molecule has 72 valence electrons. The third kappa shape index (κ3) is 1.39. The van der Waals surface area contributed by atoms with Crippen LogP contribution < -0.4 is 5.73 Å². The van der Waals surface area contributed by atoms with Gasteiger partial charge in [-0.25, -0.2) is 0 Å². The predicted octanol–water partition coefficient (Wildman–Crippen LogP) is 0.305. The number of phenolic OH excluding ortho intramolecular Hbond substituents is 1. The zero-order valence-electron chi connectivity index (χ0n) is 7.18. The molecule has 0 aromatic heterocycles. The quantitative estimate of drug-likeness (QED) is 0.670. The standard InChI is InChI=1S/C9H8N2O3/c10-9-11-8(13)7(14-9)5-2-1-3-6(12)4-5/h1-4,7,12H,(H2,10,11,13). The monoisotopic (exact) mass is 192 g/mol. The minimum atomic E-state index is -0.818. The molecule has 1 heterocycles. The fraction of sp³-hybridized carbons (Fsp3) is 0.111. The van der Waals surface area contributed by atoms with Gasteiger partial charge in [-0.3, -0.25) is 4.79 Å². The van der Waals surface area contributed by atoms with Crippen LogP contribution in [0.2, 0.25) is 0 Å². The van der Waals surface area contributed by atoms with Crippen molar-refractivity contribution in [3.05, 3.63) is 29.8 Å². The van der Waals surface area contributed by atoms with Crippen LogP contribution in [0.1, 0.15) is 11.7 Å². The molecule has 1 aromatic rings. The number of phenols is 1. The maximum atomic E-state index is 11.2. The highest BCUT2D eigenvalue weighted by Crippen LogP contribution is 2.25. The normalized spacial score (nSPS) is 20.4. The van der Waals surface area contributed by atoms with Gasteiger partial charge in [0, 0.05) is 5.56 Å². The average molecular weight is 192 g/mol. The molecule has 0 fully saturated rings. The van der Waals surface area contributed by atoms with E-state index in [4.69, 9.17) is 10.5 Å². The Kier molecular flexibility index (Phi) is 1.85. The molecule has 1 atom stereocenters. The van der Waals surface area contributed by atoms with Crippen LogP contribution in [0.15, 0.2) is 29.3 Å². The van der Waals surface area contributed by atoms with E-state index in [-0.39, 0.29) is 11.8 Å². The molecule has 0 saturated carbocycles. The maximum absolute atomic E-state index is 11.2. The van der Waals surface area contributed by atoms with Gasteiger partial charge in [0.05, 0.1) is 0 Å². The van der Waals surface area contributed by atoms with Gasteiger partial charge in [-0.15, -0.1) is 0 Å². The van der Waals surface area contributed by atoms with E-state index in [1.807, 2.05) is 0 Å². The first kappa shape index (κ1) is 8.55. The summed E-state index contributed by atoms with van der Waals surface area (Å²) < 4.78 is 4.98. The van der Waals surface area contributed by atoms with Gasteiger partial charge in [0.15, 0.2) is 0 Å². The Hall–Kier alpha value is -2.04. The number of nitrogens with two attached hydrogens (primary N) is 1. The van der Waals surface area contributed by atoms with Crippen LogP contribution in [-0.2, 0) is 9.53 Å². The van der Waals surface area contributed by atoms with Gasteiger partial charge in [0.25, 0.3) is 11.9 Å². The number of rotatable bonds is 1. The lowest BCUT2D eigenvalue weighted by atomic mass is 10.1. The van der Waals surface area contributed by atoms with E-state index in [1.165, 1.54) is 12.1 Å². The minimum absolute atomic E-state index is 0.0735. The highest BCUT2D eigenvalue weighted by atomic mass is 16.5. The van der Waals surface area contributed by atoms with Gasteiger partial charge in [-0.05, 0) is 12.1 Å². The van der Waals surface area contributed by atoms with Gasteiger partial charge >= 0.3 is 0 Å². The Labute approximate surface area is 79.8 Å². The molecule has 0 spiro atoms. The molecule has 14 heavy (non-hydrogen) atoms. The van der Waals surface area contributed by atoms with Crippen LogP contribution in [0.25, 0.3) is 0 Å². The summed E-state index contributed by atoms with van der Waals surface area (Å²) >= 11 is 0. The Balaban J connectivity index is 2.30. The molecule has 1 aliphatic rings. The summed E-state index contributed by atoms with van der Waals surface area (Å²) in [6.07, 6.45) is -0.818. The molecular weight excluding hydrogens is 184 g/mol. The molecule has 1 aromatic carbocycles. The van der Waals surface area contributed by atoms with Crippen LogP contribution in [0, 0.1) is 0 Å². The van der Waals surface area contributed by atoms with E-state index in [0.717, 1.165) is 0 Å². The number of aromatic hydroxyl groups is 1. The molecule has 0 aliphatic carbocycles. The van der Waals surface area contributed by atoms with Crippen LogP contribution in [0.3, 0.4) is 0 Å². The van der Waals surface area contributed by atoms with Crippen LogP contribution >= 0.6 is 0 Å². The highest BCUT2D eigenvalue weighted by Gasteiger charge is 2.29. The van der Waals surface area contributed by atoms with Gasteiger partial charge in [0.1, 0.15) is 5.75 Å². The molecular formula is C9H8N2O3. The second-order valence-electron chi connectivity index (χ2n) is 2.88. The smallest absolute Gasteiger partial charge is 0.296 e. The number of amidine groups is 1. The Morgan fingerprint density at radius 3 is 2.86 bits per heavy atom. The summed E-state index contributed by atoms with van der Waals surface area (Å²) in [6, 6.07) is 6.10. The highest BCUT2D eigenvalue weighted by molar-refractivity contribution is 5.98. The summed E-state index contributed by atoms with van der Waals surface area (Å²) in [6.45, 7) is 0. The lowest BCUT2D eigenvalue weighted by Crippen LogP contribution is -2.13. The van der Waals surface area contributed by atoms with Gasteiger partial charge in [-0.1, -0.05) is 12.1 Å². The predicted molar refractivity (Wildman–Crippen MR) is 48.6 cm³/mol. The van der Waals surface area contributed by atoms with E-state index < -0.39 is 12.0 Å². The number of hydrogen-bond donors (Lipinski definition) is 2. The van der Waals surface area contributed by atoms with Crippen LogP contribution in [0.4, 0.5) is 0 Å². The van der Waals surface area contributed by atoms with E-state index in [2.05, 4.69) is 4.99 Å². The fourth-order valence-electron chi connectivity index (χ4n) is 1.26. The number of amides is 1. The molecule has 1 aliphatic heterocycles. The Bertz CT molecular complexity index is 414. The molecule has 5 nitrogen and oxygen atoms in total. The number of nitrogens with zero attached hydrogens (tertiary/aromatic N) is 1. The number of hydrogen-bond acceptors (Lipinski definition) is 4. The van der Waals surface area contributed by atoms with Crippen molar-refractivity contribution in [2.24, 2.45) is 10.7 Å². The van der Waals surface area contributed by atoms with Crippen molar-refractivity contribution in [2.75, 3.05) is 0 Å². The van der Waals surface area contributed by atoms with Crippen molar-refractivity contribution in [3.8, 4) is 5.75 Å². The molecule has 1 unspecified atom stereocenters. The van der Waals surface area contributed by atoms with E-state index in [9.17, 15) is 9.90 Å². The van der Waals surface area contributed by atoms with Crippen molar-refractivity contribution in [3.63, 3.8) is 0 Å². The maximum Gasteiger partial charge on any atom is 0.296 e. The van der Waals surface area contributed by atoms with Crippen molar-refractivity contribution in [1.29, 1.82) is 0 Å². The van der Waals surface area contributed by atoms with Crippen molar-refractivity contribution in [1.82, 2.24) is 0 Å².